The summed E-state index contributed by atoms with van der Waals surface area (Å²) in [5.41, 5.74) is 0.800. The number of hydrogen-bond acceptors (Lipinski definition) is 3. The Morgan fingerprint density at radius 3 is 2.29 bits per heavy atom. The van der Waals surface area contributed by atoms with Crippen molar-refractivity contribution < 1.29 is 14.4 Å². The molecule has 1 aromatic rings. The standard InChI is InChI=1S/C10H6Cl2N2O3/c1-4-2-6(12)7(3-5(4)11)14-9(16)8(15)13-10(14)17/h2-3H,1H3,(H,13,15,17). The van der Waals surface area contributed by atoms with Crippen LogP contribution in [0.3, 0.4) is 0 Å². The van der Waals surface area contributed by atoms with Gasteiger partial charge in [-0.2, -0.15) is 0 Å². The van der Waals surface area contributed by atoms with E-state index in [1.54, 1.807) is 6.92 Å². The third-order valence-electron chi connectivity index (χ3n) is 2.29. The second-order valence-corrected chi connectivity index (χ2v) is 4.27. The predicted molar refractivity (Wildman–Crippen MR) is 62.2 cm³/mol. The van der Waals surface area contributed by atoms with Crippen molar-refractivity contribution >= 4 is 46.7 Å². The minimum absolute atomic E-state index is 0.0932. The molecule has 0 radical (unpaired) electrons. The fourth-order valence-corrected chi connectivity index (χ4v) is 1.89. The number of anilines is 1. The molecule has 0 bridgehead atoms. The molecule has 0 atom stereocenters. The van der Waals surface area contributed by atoms with Crippen LogP contribution in [-0.4, -0.2) is 17.8 Å². The van der Waals surface area contributed by atoms with E-state index in [1.807, 2.05) is 5.32 Å². The Bertz CT molecular complexity index is 557. The number of imide groups is 2. The lowest BCUT2D eigenvalue weighted by atomic mass is 10.2. The second kappa shape index (κ2) is 4.01. The molecular formula is C10H6Cl2N2O3. The molecule has 1 fully saturated rings. The number of carbonyl (C=O) groups excluding carboxylic acids is 3. The Kier molecular flexibility index (Phi) is 2.81. The van der Waals surface area contributed by atoms with Gasteiger partial charge in [0.2, 0.25) is 0 Å². The van der Waals surface area contributed by atoms with Gasteiger partial charge in [-0.15, -0.1) is 0 Å². The van der Waals surface area contributed by atoms with Gasteiger partial charge in [-0.1, -0.05) is 23.2 Å². The van der Waals surface area contributed by atoms with Gasteiger partial charge < -0.3 is 0 Å². The molecule has 0 spiro atoms. The summed E-state index contributed by atoms with van der Waals surface area (Å²) in [5, 5.41) is 2.40. The molecule has 88 valence electrons. The SMILES string of the molecule is Cc1cc(Cl)c(N2C(=O)NC(=O)C2=O)cc1Cl. The lowest BCUT2D eigenvalue weighted by Crippen LogP contribution is -2.31. The normalized spacial score (nSPS) is 15.5. The summed E-state index contributed by atoms with van der Waals surface area (Å²) in [5.74, 6) is -1.96. The van der Waals surface area contributed by atoms with Gasteiger partial charge in [0.1, 0.15) is 0 Å². The van der Waals surface area contributed by atoms with Crippen molar-refractivity contribution in [1.82, 2.24) is 5.32 Å². The number of carbonyl (C=O) groups is 3. The zero-order valence-electron chi connectivity index (χ0n) is 8.58. The number of aryl methyl sites for hydroxylation is 1. The summed E-state index contributed by atoms with van der Waals surface area (Å²) in [6.45, 7) is 1.73. The maximum absolute atomic E-state index is 11.5. The molecule has 5 nitrogen and oxygen atoms in total. The number of benzene rings is 1. The van der Waals surface area contributed by atoms with Crippen molar-refractivity contribution in [3.63, 3.8) is 0 Å². The van der Waals surface area contributed by atoms with Crippen molar-refractivity contribution in [2.75, 3.05) is 4.90 Å². The van der Waals surface area contributed by atoms with Crippen molar-refractivity contribution in [3.05, 3.63) is 27.7 Å². The second-order valence-electron chi connectivity index (χ2n) is 3.45. The van der Waals surface area contributed by atoms with Crippen LogP contribution >= 0.6 is 23.2 Å². The highest BCUT2D eigenvalue weighted by Gasteiger charge is 2.39. The van der Waals surface area contributed by atoms with Crippen LogP contribution < -0.4 is 10.2 Å². The maximum atomic E-state index is 11.5. The number of rotatable bonds is 1. The minimum atomic E-state index is -0.984. The van der Waals surface area contributed by atoms with E-state index in [0.717, 1.165) is 0 Å². The molecule has 7 heteroatoms. The molecule has 1 aliphatic heterocycles. The molecule has 1 aromatic carbocycles. The smallest absolute Gasteiger partial charge is 0.269 e. The van der Waals surface area contributed by atoms with Crippen LogP contribution in [0.1, 0.15) is 5.56 Å². The average Bonchev–Trinajstić information content (AvgIpc) is 2.48. The van der Waals surface area contributed by atoms with E-state index in [2.05, 4.69) is 0 Å². The van der Waals surface area contributed by atoms with E-state index < -0.39 is 17.8 Å². The van der Waals surface area contributed by atoms with Gasteiger partial charge in [0, 0.05) is 5.02 Å². The molecular weight excluding hydrogens is 267 g/mol. The summed E-state index contributed by atoms with van der Waals surface area (Å²) in [7, 11) is 0. The lowest BCUT2D eigenvalue weighted by Gasteiger charge is -2.14. The average molecular weight is 273 g/mol. The highest BCUT2D eigenvalue weighted by Crippen LogP contribution is 2.32. The van der Waals surface area contributed by atoms with Crippen molar-refractivity contribution in [2.24, 2.45) is 0 Å². The Morgan fingerprint density at radius 1 is 1.12 bits per heavy atom. The quantitative estimate of drug-likeness (QED) is 0.627. The zero-order valence-corrected chi connectivity index (χ0v) is 10.1. The first-order valence-electron chi connectivity index (χ1n) is 4.57. The van der Waals surface area contributed by atoms with Crippen LogP contribution in [0.4, 0.5) is 10.5 Å². The summed E-state index contributed by atoms with van der Waals surface area (Å²) in [6.07, 6.45) is 0. The molecule has 1 heterocycles. The molecule has 0 unspecified atom stereocenters. The molecule has 0 aromatic heterocycles. The number of nitrogens with zero attached hydrogens (tertiary/aromatic N) is 1. The third kappa shape index (κ3) is 1.87. The Labute approximate surface area is 106 Å². The molecule has 4 amide bonds. The first-order chi connectivity index (χ1) is 7.91. The minimum Gasteiger partial charge on any atom is -0.269 e. The van der Waals surface area contributed by atoms with Crippen molar-refractivity contribution in [2.45, 2.75) is 6.92 Å². The summed E-state index contributed by atoms with van der Waals surface area (Å²) >= 11 is 11.8. The van der Waals surface area contributed by atoms with E-state index in [-0.39, 0.29) is 10.7 Å². The largest absolute Gasteiger partial charge is 0.336 e. The molecule has 0 saturated carbocycles. The van der Waals surface area contributed by atoms with Gasteiger partial charge in [0.05, 0.1) is 10.7 Å². The fourth-order valence-electron chi connectivity index (χ4n) is 1.43. The van der Waals surface area contributed by atoms with E-state index in [0.29, 0.717) is 15.5 Å². The van der Waals surface area contributed by atoms with Gasteiger partial charge in [-0.3, -0.25) is 14.9 Å². The van der Waals surface area contributed by atoms with Gasteiger partial charge in [-0.25, -0.2) is 9.69 Å². The van der Waals surface area contributed by atoms with Crippen LogP contribution in [0.25, 0.3) is 0 Å². The lowest BCUT2D eigenvalue weighted by molar-refractivity contribution is -0.134. The van der Waals surface area contributed by atoms with E-state index in [9.17, 15) is 14.4 Å². The Balaban J connectivity index is 2.55. The third-order valence-corrected chi connectivity index (χ3v) is 3.00. The summed E-state index contributed by atoms with van der Waals surface area (Å²) < 4.78 is 0. The molecule has 2 rings (SSSR count). The van der Waals surface area contributed by atoms with E-state index in [1.165, 1.54) is 12.1 Å². The van der Waals surface area contributed by atoms with Crippen LogP contribution in [0.2, 0.25) is 10.0 Å². The van der Waals surface area contributed by atoms with Crippen LogP contribution in [0.15, 0.2) is 12.1 Å². The zero-order chi connectivity index (χ0) is 12.7. The van der Waals surface area contributed by atoms with Crippen LogP contribution in [-0.2, 0) is 9.59 Å². The topological polar surface area (TPSA) is 66.5 Å². The highest BCUT2D eigenvalue weighted by atomic mass is 35.5. The van der Waals surface area contributed by atoms with E-state index in [4.69, 9.17) is 23.2 Å². The van der Waals surface area contributed by atoms with Crippen molar-refractivity contribution in [3.8, 4) is 0 Å². The van der Waals surface area contributed by atoms with Gasteiger partial charge in [0.15, 0.2) is 0 Å². The molecule has 0 aliphatic carbocycles. The monoisotopic (exact) mass is 272 g/mol. The first-order valence-corrected chi connectivity index (χ1v) is 5.32. The Hall–Kier alpha value is -1.59. The summed E-state index contributed by atoms with van der Waals surface area (Å²) in [4.78, 5) is 34.6. The van der Waals surface area contributed by atoms with Gasteiger partial charge >= 0.3 is 17.8 Å². The van der Waals surface area contributed by atoms with E-state index >= 15 is 0 Å². The van der Waals surface area contributed by atoms with Gasteiger partial charge in [0.25, 0.3) is 0 Å². The number of halogens is 2. The highest BCUT2D eigenvalue weighted by molar-refractivity contribution is 6.54. The predicted octanol–water partition coefficient (Wildman–Crippen LogP) is 1.88. The first kappa shape index (κ1) is 11.9. The fraction of sp³-hybridized carbons (Fsp3) is 0.100. The van der Waals surface area contributed by atoms with Crippen LogP contribution in [0.5, 0.6) is 0 Å². The maximum Gasteiger partial charge on any atom is 0.336 e. The van der Waals surface area contributed by atoms with Crippen LogP contribution in [0, 0.1) is 6.92 Å². The Morgan fingerprint density at radius 2 is 1.76 bits per heavy atom. The number of hydrogen-bond donors (Lipinski definition) is 1. The van der Waals surface area contributed by atoms with Gasteiger partial charge in [-0.05, 0) is 24.6 Å². The number of amides is 4. The number of nitrogens with one attached hydrogen (secondary N) is 1. The summed E-state index contributed by atoms with van der Waals surface area (Å²) in [6, 6.07) is 2.06. The molecule has 1 saturated heterocycles. The molecule has 1 aliphatic rings. The molecule has 17 heavy (non-hydrogen) atoms. The van der Waals surface area contributed by atoms with Crippen molar-refractivity contribution in [1.29, 1.82) is 0 Å². The number of urea groups is 1. The molecule has 1 N–H and O–H groups in total.